The molecule has 2 heterocycles. The molecule has 2 aliphatic heterocycles. The lowest BCUT2D eigenvalue weighted by Crippen LogP contribution is -2.52. The van der Waals surface area contributed by atoms with Crippen LogP contribution in [0.25, 0.3) is 0 Å². The van der Waals surface area contributed by atoms with Crippen LogP contribution in [0.1, 0.15) is 12.0 Å². The zero-order chi connectivity index (χ0) is 22.2. The molecule has 1 fully saturated rings. The number of nitrogens with zero attached hydrogens (tertiary/aromatic N) is 3. The highest BCUT2D eigenvalue weighted by atomic mass is 32.2. The van der Waals surface area contributed by atoms with E-state index >= 15 is 0 Å². The van der Waals surface area contributed by atoms with Gasteiger partial charge in [0.2, 0.25) is 16.1 Å². The van der Waals surface area contributed by atoms with Gasteiger partial charge in [0.15, 0.2) is 0 Å². The van der Waals surface area contributed by atoms with Crippen LogP contribution < -0.4 is 0 Å². The van der Waals surface area contributed by atoms with Gasteiger partial charge < -0.3 is 9.74 Å². The maximum Gasteiger partial charge on any atom is 0.266 e. The van der Waals surface area contributed by atoms with E-state index in [2.05, 4.69) is 5.16 Å². The molecule has 7 nitrogen and oxygen atoms in total. The van der Waals surface area contributed by atoms with Crippen LogP contribution in [-0.4, -0.2) is 61.5 Å². The van der Waals surface area contributed by atoms with Crippen molar-refractivity contribution >= 4 is 21.6 Å². The molecule has 164 valence electrons. The lowest BCUT2D eigenvalue weighted by Gasteiger charge is -2.34. The van der Waals surface area contributed by atoms with E-state index in [4.69, 9.17) is 4.84 Å². The van der Waals surface area contributed by atoms with Gasteiger partial charge in [-0.3, -0.25) is 4.79 Å². The molecule has 11 heteroatoms. The van der Waals surface area contributed by atoms with Crippen molar-refractivity contribution in [1.82, 2.24) is 9.21 Å². The van der Waals surface area contributed by atoms with Crippen molar-refractivity contribution in [3.8, 4) is 0 Å². The fourth-order valence-corrected chi connectivity index (χ4v) is 4.99. The van der Waals surface area contributed by atoms with Crippen molar-refractivity contribution in [3.05, 3.63) is 65.5 Å². The molecule has 2 aliphatic rings. The van der Waals surface area contributed by atoms with Gasteiger partial charge in [0.1, 0.15) is 22.3 Å². The van der Waals surface area contributed by atoms with Crippen molar-refractivity contribution in [3.63, 3.8) is 0 Å². The number of carbonyl (C=O) groups is 1. The monoisotopic (exact) mass is 453 g/mol. The number of piperazine rings is 1. The maximum atomic E-state index is 13.9. The molecule has 0 N–H and O–H groups in total. The van der Waals surface area contributed by atoms with Crippen LogP contribution in [0.3, 0.4) is 0 Å². The van der Waals surface area contributed by atoms with E-state index in [1.807, 2.05) is 0 Å². The predicted molar refractivity (Wildman–Crippen MR) is 104 cm³/mol. The first-order chi connectivity index (χ1) is 14.8. The summed E-state index contributed by atoms with van der Waals surface area (Å²) in [5.74, 6) is -2.83. The molecular formula is C20H18F3N3O4S. The first-order valence-electron chi connectivity index (χ1n) is 9.48. The van der Waals surface area contributed by atoms with E-state index in [9.17, 15) is 26.4 Å². The van der Waals surface area contributed by atoms with Crippen molar-refractivity contribution in [2.75, 3.05) is 26.2 Å². The molecule has 1 amide bonds. The maximum absolute atomic E-state index is 13.9. The third kappa shape index (κ3) is 4.28. The summed E-state index contributed by atoms with van der Waals surface area (Å²) in [6, 6.07) is 8.07. The fourth-order valence-electron chi connectivity index (χ4n) is 3.52. The molecule has 0 saturated carbocycles. The van der Waals surface area contributed by atoms with Gasteiger partial charge in [0, 0.05) is 44.2 Å². The lowest BCUT2D eigenvalue weighted by molar-refractivity contribution is -0.143. The molecule has 1 saturated heterocycles. The Kier molecular flexibility index (Phi) is 5.71. The molecule has 1 atom stereocenters. The molecule has 2 aromatic rings. The minimum atomic E-state index is -4.16. The van der Waals surface area contributed by atoms with Gasteiger partial charge in [0.05, 0.1) is 5.71 Å². The van der Waals surface area contributed by atoms with E-state index in [0.29, 0.717) is 17.3 Å². The SMILES string of the molecule is O=C(C1CC(c2cccc(F)c2)=NO1)N1CCN(S(=O)(=O)c2ccc(F)cc2F)CC1. The van der Waals surface area contributed by atoms with Crippen LogP contribution in [0.5, 0.6) is 0 Å². The molecule has 0 aromatic heterocycles. The summed E-state index contributed by atoms with van der Waals surface area (Å²) >= 11 is 0. The third-order valence-electron chi connectivity index (χ3n) is 5.16. The van der Waals surface area contributed by atoms with Crippen LogP contribution in [0.15, 0.2) is 52.5 Å². The Labute approximate surface area is 176 Å². The molecule has 31 heavy (non-hydrogen) atoms. The zero-order valence-electron chi connectivity index (χ0n) is 16.2. The van der Waals surface area contributed by atoms with Crippen molar-refractivity contribution < 1.29 is 31.2 Å². The Bertz CT molecular complexity index is 1150. The first kappa shape index (κ1) is 21.3. The molecule has 0 spiro atoms. The van der Waals surface area contributed by atoms with E-state index < -0.39 is 38.5 Å². The zero-order valence-corrected chi connectivity index (χ0v) is 17.0. The summed E-state index contributed by atoms with van der Waals surface area (Å²) in [6.07, 6.45) is -0.710. The fraction of sp³-hybridized carbons (Fsp3) is 0.300. The molecule has 2 aromatic carbocycles. The predicted octanol–water partition coefficient (Wildman–Crippen LogP) is 2.13. The van der Waals surface area contributed by atoms with Gasteiger partial charge in [-0.2, -0.15) is 4.31 Å². The molecular weight excluding hydrogens is 435 g/mol. The van der Waals surface area contributed by atoms with Gasteiger partial charge in [-0.05, 0) is 24.3 Å². The van der Waals surface area contributed by atoms with Crippen LogP contribution in [0.4, 0.5) is 13.2 Å². The Hall–Kier alpha value is -2.92. The largest absolute Gasteiger partial charge is 0.382 e. The topological polar surface area (TPSA) is 79.3 Å². The number of benzene rings is 2. The molecule has 0 radical (unpaired) electrons. The summed E-state index contributed by atoms with van der Waals surface area (Å²) in [4.78, 5) is 18.8. The van der Waals surface area contributed by atoms with Gasteiger partial charge in [-0.15, -0.1) is 0 Å². The van der Waals surface area contributed by atoms with E-state index in [-0.39, 0.29) is 38.5 Å². The third-order valence-corrected chi connectivity index (χ3v) is 7.10. The van der Waals surface area contributed by atoms with Gasteiger partial charge in [-0.1, -0.05) is 17.3 Å². The number of amides is 1. The standard InChI is InChI=1S/C20H18F3N3O4S/c21-14-3-1-2-13(10-14)17-12-18(30-24-17)20(27)25-6-8-26(9-7-25)31(28,29)19-5-4-15(22)11-16(19)23/h1-5,10-11,18H,6-9,12H2. The summed E-state index contributed by atoms with van der Waals surface area (Å²) in [7, 11) is -4.16. The number of oxime groups is 1. The molecule has 4 rings (SSSR count). The normalized spacial score (nSPS) is 19.8. The summed E-state index contributed by atoms with van der Waals surface area (Å²) < 4.78 is 66.8. The summed E-state index contributed by atoms with van der Waals surface area (Å²) in [5, 5.41) is 3.88. The second-order valence-corrected chi connectivity index (χ2v) is 9.06. The smallest absolute Gasteiger partial charge is 0.266 e. The van der Waals surface area contributed by atoms with Crippen LogP contribution in [0.2, 0.25) is 0 Å². The first-order valence-corrected chi connectivity index (χ1v) is 10.9. The second-order valence-electron chi connectivity index (χ2n) is 7.15. The number of sulfonamides is 1. The number of rotatable bonds is 4. The van der Waals surface area contributed by atoms with E-state index in [1.54, 1.807) is 6.07 Å². The molecule has 1 unspecified atom stereocenters. The highest BCUT2D eigenvalue weighted by Crippen LogP contribution is 2.23. The van der Waals surface area contributed by atoms with Gasteiger partial charge in [0.25, 0.3) is 5.91 Å². The molecule has 0 aliphatic carbocycles. The Morgan fingerprint density at radius 1 is 1.00 bits per heavy atom. The van der Waals surface area contributed by atoms with Gasteiger partial charge >= 0.3 is 0 Å². The Morgan fingerprint density at radius 3 is 2.39 bits per heavy atom. The Balaban J connectivity index is 1.37. The van der Waals surface area contributed by atoms with Crippen LogP contribution in [0, 0.1) is 17.5 Å². The van der Waals surface area contributed by atoms with Crippen molar-refractivity contribution in [2.24, 2.45) is 5.16 Å². The van der Waals surface area contributed by atoms with Crippen molar-refractivity contribution in [2.45, 2.75) is 17.4 Å². The average Bonchev–Trinajstić information content (AvgIpc) is 3.23. The molecule has 0 bridgehead atoms. The number of halogens is 3. The quantitative estimate of drug-likeness (QED) is 0.711. The van der Waals surface area contributed by atoms with Crippen LogP contribution in [-0.2, 0) is 19.7 Å². The summed E-state index contributed by atoms with van der Waals surface area (Å²) in [5.41, 5.74) is 0.971. The number of carbonyl (C=O) groups excluding carboxylic acids is 1. The number of hydrogen-bond acceptors (Lipinski definition) is 5. The summed E-state index contributed by atoms with van der Waals surface area (Å²) in [6.45, 7) is 0.0660. The van der Waals surface area contributed by atoms with E-state index in [0.717, 1.165) is 16.4 Å². The lowest BCUT2D eigenvalue weighted by atomic mass is 10.0. The van der Waals surface area contributed by atoms with E-state index in [1.165, 1.54) is 23.1 Å². The number of hydrogen-bond donors (Lipinski definition) is 0. The van der Waals surface area contributed by atoms with Crippen LogP contribution >= 0.6 is 0 Å². The highest BCUT2D eigenvalue weighted by Gasteiger charge is 2.36. The minimum absolute atomic E-state index is 0.0464. The van der Waals surface area contributed by atoms with Gasteiger partial charge in [-0.25, -0.2) is 21.6 Å². The average molecular weight is 453 g/mol. The second kappa shape index (κ2) is 8.31. The highest BCUT2D eigenvalue weighted by molar-refractivity contribution is 7.89. The Morgan fingerprint density at radius 2 is 1.71 bits per heavy atom. The minimum Gasteiger partial charge on any atom is -0.382 e. The van der Waals surface area contributed by atoms with Crippen molar-refractivity contribution in [1.29, 1.82) is 0 Å².